The average Bonchev–Trinajstić information content (AvgIpc) is 3.01. The number of thiophene rings is 1. The number of aryl methyl sites for hydroxylation is 1. The maximum absolute atomic E-state index is 11.9. The van der Waals surface area contributed by atoms with Crippen LogP contribution in [0.4, 0.5) is 0 Å². The van der Waals surface area contributed by atoms with Crippen molar-refractivity contribution in [3.05, 3.63) is 52.2 Å². The first-order valence-electron chi connectivity index (χ1n) is 6.77. The Morgan fingerprint density at radius 1 is 1.33 bits per heavy atom. The van der Waals surface area contributed by atoms with E-state index >= 15 is 0 Å². The highest BCUT2D eigenvalue weighted by Crippen LogP contribution is 2.16. The highest BCUT2D eigenvalue weighted by Gasteiger charge is 2.16. The summed E-state index contributed by atoms with van der Waals surface area (Å²) in [6.07, 6.45) is -1.30. The highest BCUT2D eigenvalue weighted by molar-refractivity contribution is 7.07. The number of nitrogens with one attached hydrogen (secondary N) is 1. The molecule has 0 bridgehead atoms. The lowest BCUT2D eigenvalue weighted by Gasteiger charge is -2.16. The van der Waals surface area contributed by atoms with E-state index in [9.17, 15) is 9.90 Å². The quantitative estimate of drug-likeness (QED) is 0.862. The average molecular weight is 305 g/mol. The third kappa shape index (κ3) is 4.58. The van der Waals surface area contributed by atoms with Crippen LogP contribution >= 0.6 is 11.3 Å². The lowest BCUT2D eigenvalue weighted by molar-refractivity contribution is -0.127. The molecule has 1 amide bonds. The molecule has 0 fully saturated rings. The predicted octanol–water partition coefficient (Wildman–Crippen LogP) is 2.67. The number of ether oxygens (including phenoxy) is 1. The van der Waals surface area contributed by atoms with Crippen LogP contribution < -0.4 is 10.1 Å². The second-order valence-corrected chi connectivity index (χ2v) is 5.67. The van der Waals surface area contributed by atoms with Gasteiger partial charge in [0.05, 0.1) is 6.10 Å². The molecule has 21 heavy (non-hydrogen) atoms. The fraction of sp³-hybridized carbons (Fsp3) is 0.312. The van der Waals surface area contributed by atoms with Crippen molar-refractivity contribution >= 4 is 17.2 Å². The lowest BCUT2D eigenvalue weighted by atomic mass is 10.2. The highest BCUT2D eigenvalue weighted by atomic mass is 32.1. The van der Waals surface area contributed by atoms with Gasteiger partial charge in [-0.1, -0.05) is 17.7 Å². The molecule has 112 valence electrons. The first kappa shape index (κ1) is 15.5. The van der Waals surface area contributed by atoms with E-state index in [-0.39, 0.29) is 12.5 Å². The molecule has 0 saturated heterocycles. The number of benzene rings is 1. The molecule has 2 unspecified atom stereocenters. The van der Waals surface area contributed by atoms with E-state index in [0.717, 1.165) is 11.1 Å². The number of aliphatic hydroxyl groups excluding tert-OH is 1. The molecular weight excluding hydrogens is 286 g/mol. The summed E-state index contributed by atoms with van der Waals surface area (Å²) < 4.78 is 5.56. The minimum atomic E-state index is -0.688. The summed E-state index contributed by atoms with van der Waals surface area (Å²) >= 11 is 1.51. The molecule has 2 atom stereocenters. The van der Waals surface area contributed by atoms with Gasteiger partial charge in [-0.15, -0.1) is 0 Å². The van der Waals surface area contributed by atoms with Crippen molar-refractivity contribution in [2.45, 2.75) is 26.1 Å². The minimum Gasteiger partial charge on any atom is -0.481 e. The van der Waals surface area contributed by atoms with Crippen LogP contribution in [0.15, 0.2) is 41.1 Å². The predicted molar refractivity (Wildman–Crippen MR) is 83.6 cm³/mol. The van der Waals surface area contributed by atoms with Crippen LogP contribution in [0, 0.1) is 6.92 Å². The minimum absolute atomic E-state index is 0.178. The fourth-order valence-corrected chi connectivity index (χ4v) is 2.50. The number of carbonyl (C=O) groups is 1. The molecule has 0 aliphatic carbocycles. The van der Waals surface area contributed by atoms with Crippen molar-refractivity contribution in [1.29, 1.82) is 0 Å². The molecule has 1 aromatic carbocycles. The number of hydrogen-bond donors (Lipinski definition) is 2. The van der Waals surface area contributed by atoms with E-state index in [1.54, 1.807) is 6.92 Å². The van der Waals surface area contributed by atoms with Crippen LogP contribution in [-0.4, -0.2) is 23.7 Å². The van der Waals surface area contributed by atoms with Crippen molar-refractivity contribution in [2.24, 2.45) is 0 Å². The third-order valence-corrected chi connectivity index (χ3v) is 3.80. The third-order valence-electron chi connectivity index (χ3n) is 3.10. The molecule has 5 heteroatoms. The second kappa shape index (κ2) is 7.24. The molecule has 0 aliphatic rings. The topological polar surface area (TPSA) is 58.6 Å². The molecule has 4 nitrogen and oxygen atoms in total. The number of rotatable bonds is 6. The molecule has 0 spiro atoms. The monoisotopic (exact) mass is 305 g/mol. The summed E-state index contributed by atoms with van der Waals surface area (Å²) in [6.45, 7) is 3.86. The second-order valence-electron chi connectivity index (χ2n) is 4.89. The molecule has 0 radical (unpaired) electrons. The van der Waals surface area contributed by atoms with Crippen LogP contribution in [0.2, 0.25) is 0 Å². The van der Waals surface area contributed by atoms with Gasteiger partial charge >= 0.3 is 0 Å². The van der Waals surface area contributed by atoms with E-state index < -0.39 is 12.2 Å². The summed E-state index contributed by atoms with van der Waals surface area (Å²) in [6, 6.07) is 9.37. The molecule has 2 N–H and O–H groups in total. The van der Waals surface area contributed by atoms with Crippen LogP contribution in [0.25, 0.3) is 0 Å². The number of carbonyl (C=O) groups excluding carboxylic acids is 1. The van der Waals surface area contributed by atoms with Crippen molar-refractivity contribution < 1.29 is 14.6 Å². The smallest absolute Gasteiger partial charge is 0.260 e. The number of hydrogen-bond acceptors (Lipinski definition) is 4. The molecular formula is C16H19NO3S. The maximum atomic E-state index is 11.9. The normalized spacial score (nSPS) is 13.5. The molecule has 1 aromatic heterocycles. The zero-order valence-electron chi connectivity index (χ0n) is 12.1. The number of amides is 1. The Hall–Kier alpha value is -1.85. The SMILES string of the molecule is Cc1ccc(OC(C)C(=O)NCC(O)c2ccsc2)cc1. The van der Waals surface area contributed by atoms with E-state index in [1.807, 2.05) is 48.0 Å². The Labute approximate surface area is 128 Å². The lowest BCUT2D eigenvalue weighted by Crippen LogP contribution is -2.38. The summed E-state index contributed by atoms with van der Waals surface area (Å²) in [5.41, 5.74) is 1.95. The van der Waals surface area contributed by atoms with Crippen LogP contribution in [-0.2, 0) is 4.79 Å². The van der Waals surface area contributed by atoms with E-state index in [4.69, 9.17) is 4.74 Å². The zero-order valence-corrected chi connectivity index (χ0v) is 12.9. The van der Waals surface area contributed by atoms with Crippen LogP contribution in [0.1, 0.15) is 24.2 Å². The molecule has 0 aliphatic heterocycles. The molecule has 0 saturated carbocycles. The standard InChI is InChI=1S/C16H19NO3S/c1-11-3-5-14(6-4-11)20-12(2)16(19)17-9-15(18)13-7-8-21-10-13/h3-8,10,12,15,18H,9H2,1-2H3,(H,17,19). The molecule has 2 rings (SSSR count). The largest absolute Gasteiger partial charge is 0.481 e. The molecule has 1 heterocycles. The Balaban J connectivity index is 1.81. The van der Waals surface area contributed by atoms with Gasteiger partial charge in [-0.3, -0.25) is 4.79 Å². The first-order valence-corrected chi connectivity index (χ1v) is 7.71. The summed E-state index contributed by atoms with van der Waals surface area (Å²) in [5, 5.41) is 16.4. The van der Waals surface area contributed by atoms with E-state index in [1.165, 1.54) is 11.3 Å². The van der Waals surface area contributed by atoms with Gasteiger partial charge in [-0.25, -0.2) is 0 Å². The van der Waals surface area contributed by atoms with Crippen LogP contribution in [0.3, 0.4) is 0 Å². The fourth-order valence-electron chi connectivity index (χ4n) is 1.80. The number of aliphatic hydroxyl groups is 1. The van der Waals surface area contributed by atoms with Gasteiger partial charge in [0.1, 0.15) is 5.75 Å². The van der Waals surface area contributed by atoms with Gasteiger partial charge in [0.25, 0.3) is 5.91 Å². The van der Waals surface area contributed by atoms with Gasteiger partial charge in [0.2, 0.25) is 0 Å². The Morgan fingerprint density at radius 2 is 2.05 bits per heavy atom. The summed E-state index contributed by atoms with van der Waals surface area (Å²) in [7, 11) is 0. The van der Waals surface area contributed by atoms with Crippen molar-refractivity contribution in [2.75, 3.05) is 6.54 Å². The zero-order chi connectivity index (χ0) is 15.2. The van der Waals surface area contributed by atoms with Crippen molar-refractivity contribution in [3.8, 4) is 5.75 Å². The Morgan fingerprint density at radius 3 is 2.67 bits per heavy atom. The van der Waals surface area contributed by atoms with Gasteiger partial charge in [-0.2, -0.15) is 11.3 Å². The first-order chi connectivity index (χ1) is 10.1. The van der Waals surface area contributed by atoms with Gasteiger partial charge in [0.15, 0.2) is 6.10 Å². The van der Waals surface area contributed by atoms with Crippen molar-refractivity contribution in [3.63, 3.8) is 0 Å². The summed E-state index contributed by atoms with van der Waals surface area (Å²) in [5.74, 6) is 0.409. The Bertz CT molecular complexity index is 566. The van der Waals surface area contributed by atoms with Gasteiger partial charge in [0, 0.05) is 6.54 Å². The van der Waals surface area contributed by atoms with Crippen molar-refractivity contribution in [1.82, 2.24) is 5.32 Å². The maximum Gasteiger partial charge on any atom is 0.260 e. The Kier molecular flexibility index (Phi) is 5.36. The van der Waals surface area contributed by atoms with E-state index in [0.29, 0.717) is 5.75 Å². The summed E-state index contributed by atoms with van der Waals surface area (Å²) in [4.78, 5) is 11.9. The van der Waals surface area contributed by atoms with Crippen LogP contribution in [0.5, 0.6) is 5.75 Å². The molecule has 2 aromatic rings. The van der Waals surface area contributed by atoms with E-state index in [2.05, 4.69) is 5.32 Å². The van der Waals surface area contributed by atoms with Gasteiger partial charge < -0.3 is 15.2 Å². The van der Waals surface area contributed by atoms with Gasteiger partial charge in [-0.05, 0) is 48.4 Å².